The number of halogens is 1. The van der Waals surface area contributed by atoms with Crippen molar-refractivity contribution in [1.82, 2.24) is 9.88 Å². The summed E-state index contributed by atoms with van der Waals surface area (Å²) in [4.78, 5) is 6.13. The molecule has 24 heavy (non-hydrogen) atoms. The number of aryl methyl sites for hydroxylation is 1. The first-order valence-electron chi connectivity index (χ1n) is 8.26. The Bertz CT molecular complexity index is 607. The molecule has 0 bridgehead atoms. The molecule has 0 fully saturated rings. The average molecular weight is 333 g/mol. The molecule has 1 heterocycles. The van der Waals surface area contributed by atoms with E-state index >= 15 is 0 Å². The lowest BCUT2D eigenvalue weighted by Gasteiger charge is -2.21. The third-order valence-electron chi connectivity index (χ3n) is 3.20. The Kier molecular flexibility index (Phi) is 8.97. The monoisotopic (exact) mass is 333 g/mol. The van der Waals surface area contributed by atoms with Crippen LogP contribution >= 0.6 is 0 Å². The lowest BCUT2D eigenvalue weighted by molar-refractivity contribution is 0.232. The Labute approximate surface area is 144 Å². The zero-order valence-corrected chi connectivity index (χ0v) is 15.0. The largest absolute Gasteiger partial charge is 0.490 e. The Morgan fingerprint density at radius 3 is 2.67 bits per heavy atom. The summed E-state index contributed by atoms with van der Waals surface area (Å²) in [6.45, 7) is 7.69. The summed E-state index contributed by atoms with van der Waals surface area (Å²) < 4.78 is 18.8. The minimum absolute atomic E-state index is 0.126. The van der Waals surface area contributed by atoms with E-state index in [-0.39, 0.29) is 11.9 Å². The van der Waals surface area contributed by atoms with Crippen molar-refractivity contribution in [2.24, 2.45) is 5.73 Å². The number of hydrogen-bond acceptors (Lipinski definition) is 4. The minimum atomic E-state index is -0.217. The third-order valence-corrected chi connectivity index (χ3v) is 3.20. The van der Waals surface area contributed by atoms with Crippen LogP contribution in [0, 0.1) is 12.7 Å². The SMILES string of the molecule is CC.Cc1cncc(OCC(N)CN(C)Cc2cccc(F)c2)c1. The van der Waals surface area contributed by atoms with Crippen LogP contribution in [0.3, 0.4) is 0 Å². The molecule has 2 aromatic rings. The maximum Gasteiger partial charge on any atom is 0.137 e. The summed E-state index contributed by atoms with van der Waals surface area (Å²) in [5, 5.41) is 0. The first-order chi connectivity index (χ1) is 11.5. The van der Waals surface area contributed by atoms with Crippen LogP contribution in [0.5, 0.6) is 5.75 Å². The summed E-state index contributed by atoms with van der Waals surface area (Å²) in [5.74, 6) is 0.508. The number of ether oxygens (including phenoxy) is 1. The van der Waals surface area contributed by atoms with Crippen LogP contribution in [0.4, 0.5) is 4.39 Å². The van der Waals surface area contributed by atoms with E-state index in [4.69, 9.17) is 10.5 Å². The Morgan fingerprint density at radius 2 is 2.00 bits per heavy atom. The fourth-order valence-corrected chi connectivity index (χ4v) is 2.27. The van der Waals surface area contributed by atoms with Crippen LogP contribution in [0.15, 0.2) is 42.7 Å². The molecule has 1 aromatic heterocycles. The van der Waals surface area contributed by atoms with Gasteiger partial charge in [0.1, 0.15) is 18.2 Å². The molecule has 2 rings (SSSR count). The number of hydrogen-bond donors (Lipinski definition) is 1. The van der Waals surface area contributed by atoms with E-state index in [1.807, 2.05) is 40.0 Å². The van der Waals surface area contributed by atoms with Gasteiger partial charge in [0.2, 0.25) is 0 Å². The fourth-order valence-electron chi connectivity index (χ4n) is 2.27. The zero-order chi connectivity index (χ0) is 17.9. The molecule has 4 nitrogen and oxygen atoms in total. The van der Waals surface area contributed by atoms with E-state index in [0.717, 1.165) is 16.9 Å². The predicted octanol–water partition coefficient (Wildman–Crippen LogP) is 3.39. The van der Waals surface area contributed by atoms with Crippen molar-refractivity contribution in [1.29, 1.82) is 0 Å². The van der Waals surface area contributed by atoms with Gasteiger partial charge in [-0.05, 0) is 43.3 Å². The van der Waals surface area contributed by atoms with Crippen molar-refractivity contribution >= 4 is 0 Å². The van der Waals surface area contributed by atoms with E-state index in [9.17, 15) is 4.39 Å². The topological polar surface area (TPSA) is 51.4 Å². The van der Waals surface area contributed by atoms with E-state index in [0.29, 0.717) is 19.7 Å². The smallest absolute Gasteiger partial charge is 0.137 e. The zero-order valence-electron chi connectivity index (χ0n) is 15.0. The highest BCUT2D eigenvalue weighted by atomic mass is 19.1. The minimum Gasteiger partial charge on any atom is -0.490 e. The van der Waals surface area contributed by atoms with Crippen molar-refractivity contribution < 1.29 is 9.13 Å². The molecule has 0 spiro atoms. The van der Waals surface area contributed by atoms with Gasteiger partial charge in [0, 0.05) is 19.3 Å². The molecule has 2 N–H and O–H groups in total. The van der Waals surface area contributed by atoms with Crippen LogP contribution in [0.2, 0.25) is 0 Å². The molecule has 1 atom stereocenters. The Morgan fingerprint density at radius 1 is 1.25 bits per heavy atom. The standard InChI is InChI=1S/C17H22FN3O.C2H6/c1-13-6-17(9-20-8-13)22-12-16(19)11-21(2)10-14-4-3-5-15(18)7-14;1-2/h3-9,16H,10-12,19H2,1-2H3;1-2H3. The summed E-state index contributed by atoms with van der Waals surface area (Å²) >= 11 is 0. The predicted molar refractivity (Wildman–Crippen MR) is 96.5 cm³/mol. The third kappa shape index (κ3) is 7.53. The summed E-state index contributed by atoms with van der Waals surface area (Å²) in [6, 6.07) is 8.40. The molecule has 5 heteroatoms. The molecule has 0 saturated heterocycles. The summed E-state index contributed by atoms with van der Waals surface area (Å²) in [5.41, 5.74) is 8.06. The molecule has 132 valence electrons. The molecular weight excluding hydrogens is 305 g/mol. The molecule has 0 radical (unpaired) electrons. The number of benzene rings is 1. The normalized spacial score (nSPS) is 11.6. The Hall–Kier alpha value is -1.98. The van der Waals surface area contributed by atoms with Gasteiger partial charge >= 0.3 is 0 Å². The molecule has 0 aliphatic carbocycles. The highest BCUT2D eigenvalue weighted by molar-refractivity contribution is 5.22. The van der Waals surface area contributed by atoms with E-state index in [1.54, 1.807) is 18.5 Å². The lowest BCUT2D eigenvalue weighted by Crippen LogP contribution is -2.39. The quantitative estimate of drug-likeness (QED) is 0.844. The highest BCUT2D eigenvalue weighted by Gasteiger charge is 2.09. The first kappa shape index (κ1) is 20.1. The second-order valence-corrected chi connectivity index (χ2v) is 5.60. The van der Waals surface area contributed by atoms with E-state index < -0.39 is 0 Å². The van der Waals surface area contributed by atoms with Gasteiger partial charge in [-0.2, -0.15) is 0 Å². The van der Waals surface area contributed by atoms with Gasteiger partial charge in [-0.3, -0.25) is 4.98 Å². The van der Waals surface area contributed by atoms with Crippen LogP contribution in [0.1, 0.15) is 25.0 Å². The van der Waals surface area contributed by atoms with Crippen molar-refractivity contribution in [3.8, 4) is 5.75 Å². The molecular formula is C19H28FN3O. The Balaban J connectivity index is 0.00000139. The lowest BCUT2D eigenvalue weighted by atomic mass is 10.2. The van der Waals surface area contributed by atoms with Crippen LogP contribution in [-0.2, 0) is 6.54 Å². The number of pyridine rings is 1. The van der Waals surface area contributed by atoms with Crippen LogP contribution in [0.25, 0.3) is 0 Å². The van der Waals surface area contributed by atoms with Crippen molar-refractivity contribution in [2.75, 3.05) is 20.2 Å². The maximum atomic E-state index is 13.2. The van der Waals surface area contributed by atoms with Crippen LogP contribution < -0.4 is 10.5 Å². The van der Waals surface area contributed by atoms with Crippen molar-refractivity contribution in [2.45, 2.75) is 33.4 Å². The second-order valence-electron chi connectivity index (χ2n) is 5.60. The van der Waals surface area contributed by atoms with Gasteiger partial charge in [0.25, 0.3) is 0 Å². The van der Waals surface area contributed by atoms with E-state index in [1.165, 1.54) is 12.1 Å². The molecule has 0 saturated carbocycles. The van der Waals surface area contributed by atoms with Gasteiger partial charge in [0.15, 0.2) is 0 Å². The first-order valence-corrected chi connectivity index (χ1v) is 8.26. The summed E-state index contributed by atoms with van der Waals surface area (Å²) in [6.07, 6.45) is 3.45. The van der Waals surface area contributed by atoms with Gasteiger partial charge in [-0.15, -0.1) is 0 Å². The maximum absolute atomic E-state index is 13.2. The summed E-state index contributed by atoms with van der Waals surface area (Å²) in [7, 11) is 1.96. The number of aromatic nitrogens is 1. The average Bonchev–Trinajstić information content (AvgIpc) is 2.55. The number of nitrogens with zero attached hydrogens (tertiary/aromatic N) is 2. The van der Waals surface area contributed by atoms with Gasteiger partial charge in [0.05, 0.1) is 12.2 Å². The molecule has 1 aromatic carbocycles. The molecule has 1 unspecified atom stereocenters. The number of nitrogens with two attached hydrogens (primary N) is 1. The van der Waals surface area contributed by atoms with Gasteiger partial charge in [-0.1, -0.05) is 26.0 Å². The van der Waals surface area contributed by atoms with E-state index in [2.05, 4.69) is 9.88 Å². The molecule has 0 aliphatic rings. The number of likely N-dealkylation sites (N-methyl/N-ethyl adjacent to an activating group) is 1. The van der Waals surface area contributed by atoms with Gasteiger partial charge < -0.3 is 15.4 Å². The second kappa shape index (κ2) is 10.7. The van der Waals surface area contributed by atoms with Gasteiger partial charge in [-0.25, -0.2) is 4.39 Å². The van der Waals surface area contributed by atoms with Crippen LogP contribution in [-0.4, -0.2) is 36.1 Å². The molecule has 0 amide bonds. The highest BCUT2D eigenvalue weighted by Crippen LogP contribution is 2.10. The van der Waals surface area contributed by atoms with Crippen molar-refractivity contribution in [3.63, 3.8) is 0 Å². The van der Waals surface area contributed by atoms with Crippen molar-refractivity contribution in [3.05, 3.63) is 59.7 Å². The fraction of sp³-hybridized carbons (Fsp3) is 0.421. The molecule has 0 aliphatic heterocycles. The number of rotatable bonds is 7.